The molecule has 16 heavy (non-hydrogen) atoms. The van der Waals surface area contributed by atoms with Gasteiger partial charge >= 0.3 is 0 Å². The van der Waals surface area contributed by atoms with Crippen molar-refractivity contribution < 1.29 is 0 Å². The molecule has 3 heteroatoms. The summed E-state index contributed by atoms with van der Waals surface area (Å²) in [5, 5.41) is 10.5. The van der Waals surface area contributed by atoms with Crippen LogP contribution in [0.5, 0.6) is 0 Å². The summed E-state index contributed by atoms with van der Waals surface area (Å²) < 4.78 is 0. The Bertz CT molecular complexity index is 134. The van der Waals surface area contributed by atoms with Crippen LogP contribution in [0, 0.1) is 5.92 Å². The molecular weight excluding hydrogens is 198 g/mol. The highest BCUT2D eigenvalue weighted by atomic mass is 14.9. The minimum Gasteiger partial charge on any atom is -0.317 e. The summed E-state index contributed by atoms with van der Waals surface area (Å²) in [4.78, 5) is 0. The van der Waals surface area contributed by atoms with Crippen molar-refractivity contribution in [3.8, 4) is 0 Å². The Balaban J connectivity index is 2.10. The third-order valence-electron chi connectivity index (χ3n) is 3.28. The van der Waals surface area contributed by atoms with Gasteiger partial charge in [0.05, 0.1) is 0 Å². The first kappa shape index (κ1) is 13.9. The average molecular weight is 227 g/mol. The number of rotatable bonds is 0. The Morgan fingerprint density at radius 2 is 1.12 bits per heavy atom. The molecule has 0 aromatic rings. The van der Waals surface area contributed by atoms with Crippen molar-refractivity contribution >= 4 is 0 Å². The zero-order chi connectivity index (χ0) is 11.5. The molecule has 1 fully saturated rings. The van der Waals surface area contributed by atoms with Crippen LogP contribution in [0.2, 0.25) is 0 Å². The molecule has 3 nitrogen and oxygen atoms in total. The van der Waals surface area contributed by atoms with Crippen molar-refractivity contribution in [2.45, 2.75) is 39.0 Å². The van der Waals surface area contributed by atoms with E-state index in [1.165, 1.54) is 51.7 Å². The standard InChI is InChI=1S/C13H29N3/c1-13-5-2-7-14-8-3-9-15-10-4-11-16-12-6-13/h13-16H,2-12H2,1H3. The Labute approximate surface area is 101 Å². The summed E-state index contributed by atoms with van der Waals surface area (Å²) in [5.74, 6) is 0.873. The van der Waals surface area contributed by atoms with Crippen LogP contribution in [0.1, 0.15) is 39.0 Å². The van der Waals surface area contributed by atoms with Gasteiger partial charge in [0.1, 0.15) is 0 Å². The van der Waals surface area contributed by atoms with Crippen molar-refractivity contribution in [1.29, 1.82) is 0 Å². The van der Waals surface area contributed by atoms with E-state index in [1.54, 1.807) is 0 Å². The normalized spacial score (nSPS) is 27.9. The summed E-state index contributed by atoms with van der Waals surface area (Å²) in [7, 11) is 0. The number of hydrogen-bond acceptors (Lipinski definition) is 3. The molecule has 0 aromatic carbocycles. The van der Waals surface area contributed by atoms with E-state index in [4.69, 9.17) is 0 Å². The fourth-order valence-corrected chi connectivity index (χ4v) is 2.12. The molecule has 1 aliphatic rings. The van der Waals surface area contributed by atoms with E-state index in [1.807, 2.05) is 0 Å². The van der Waals surface area contributed by atoms with Gasteiger partial charge in [0, 0.05) is 0 Å². The second-order valence-corrected chi connectivity index (χ2v) is 4.99. The van der Waals surface area contributed by atoms with Gasteiger partial charge in [-0.1, -0.05) is 6.92 Å². The van der Waals surface area contributed by atoms with Crippen molar-refractivity contribution in [2.24, 2.45) is 5.92 Å². The molecule has 0 radical (unpaired) electrons. The highest BCUT2D eigenvalue weighted by molar-refractivity contribution is 4.60. The lowest BCUT2D eigenvalue weighted by molar-refractivity contribution is 0.448. The summed E-state index contributed by atoms with van der Waals surface area (Å²) in [5.41, 5.74) is 0. The van der Waals surface area contributed by atoms with Gasteiger partial charge in [0.2, 0.25) is 0 Å². The maximum Gasteiger partial charge on any atom is -0.00368 e. The minimum atomic E-state index is 0.873. The van der Waals surface area contributed by atoms with Crippen LogP contribution in [-0.4, -0.2) is 39.3 Å². The lowest BCUT2D eigenvalue weighted by Gasteiger charge is -2.11. The van der Waals surface area contributed by atoms with Crippen LogP contribution in [0.4, 0.5) is 0 Å². The average Bonchev–Trinajstić information content (AvgIpc) is 2.29. The summed E-state index contributed by atoms with van der Waals surface area (Å²) in [6, 6.07) is 0. The zero-order valence-electron chi connectivity index (χ0n) is 10.9. The van der Waals surface area contributed by atoms with Gasteiger partial charge in [-0.25, -0.2) is 0 Å². The minimum absolute atomic E-state index is 0.873. The van der Waals surface area contributed by atoms with Crippen LogP contribution in [0.15, 0.2) is 0 Å². The maximum absolute atomic E-state index is 3.53. The van der Waals surface area contributed by atoms with E-state index < -0.39 is 0 Å². The second kappa shape index (κ2) is 10.1. The van der Waals surface area contributed by atoms with Crippen molar-refractivity contribution in [2.75, 3.05) is 39.3 Å². The van der Waals surface area contributed by atoms with Gasteiger partial charge in [-0.05, 0) is 77.3 Å². The Kier molecular flexibility index (Phi) is 8.77. The lowest BCUT2D eigenvalue weighted by atomic mass is 10.0. The molecular formula is C13H29N3. The molecule has 1 saturated heterocycles. The second-order valence-electron chi connectivity index (χ2n) is 4.99. The molecule has 0 spiro atoms. The SMILES string of the molecule is CC1CCCNCCCNCCCNCC1. The van der Waals surface area contributed by atoms with Gasteiger partial charge in [0.15, 0.2) is 0 Å². The predicted molar refractivity (Wildman–Crippen MR) is 70.9 cm³/mol. The monoisotopic (exact) mass is 227 g/mol. The first-order valence-electron chi connectivity index (χ1n) is 7.02. The summed E-state index contributed by atoms with van der Waals surface area (Å²) >= 11 is 0. The van der Waals surface area contributed by atoms with Crippen LogP contribution < -0.4 is 16.0 Å². The zero-order valence-corrected chi connectivity index (χ0v) is 10.9. The third kappa shape index (κ3) is 8.08. The number of hydrogen-bond donors (Lipinski definition) is 3. The quantitative estimate of drug-likeness (QED) is 0.585. The molecule has 0 aromatic heterocycles. The molecule has 0 saturated carbocycles. The van der Waals surface area contributed by atoms with Crippen LogP contribution in [-0.2, 0) is 0 Å². The summed E-state index contributed by atoms with van der Waals surface area (Å²) in [6.45, 7) is 9.40. The van der Waals surface area contributed by atoms with Crippen LogP contribution in [0.25, 0.3) is 0 Å². The highest BCUT2D eigenvalue weighted by Gasteiger charge is 2.01. The largest absolute Gasteiger partial charge is 0.317 e. The third-order valence-corrected chi connectivity index (χ3v) is 3.28. The molecule has 3 N–H and O–H groups in total. The van der Waals surface area contributed by atoms with E-state index in [9.17, 15) is 0 Å². The molecule has 1 heterocycles. The molecule has 1 aliphatic heterocycles. The van der Waals surface area contributed by atoms with Crippen molar-refractivity contribution in [1.82, 2.24) is 16.0 Å². The predicted octanol–water partition coefficient (Wildman–Crippen LogP) is 1.36. The molecule has 1 unspecified atom stereocenters. The van der Waals surface area contributed by atoms with Gasteiger partial charge in [0.25, 0.3) is 0 Å². The first-order valence-corrected chi connectivity index (χ1v) is 7.02. The number of nitrogens with one attached hydrogen (secondary N) is 3. The first-order chi connectivity index (χ1) is 7.89. The highest BCUT2D eigenvalue weighted by Crippen LogP contribution is 2.08. The maximum atomic E-state index is 3.53. The Hall–Kier alpha value is -0.120. The summed E-state index contributed by atoms with van der Waals surface area (Å²) in [6.07, 6.45) is 6.53. The van der Waals surface area contributed by atoms with E-state index in [0.29, 0.717) is 0 Å². The van der Waals surface area contributed by atoms with Crippen LogP contribution in [0.3, 0.4) is 0 Å². The topological polar surface area (TPSA) is 36.1 Å². The smallest absolute Gasteiger partial charge is 0.00368 e. The molecule has 1 atom stereocenters. The fourth-order valence-electron chi connectivity index (χ4n) is 2.12. The van der Waals surface area contributed by atoms with E-state index in [2.05, 4.69) is 22.9 Å². The van der Waals surface area contributed by atoms with E-state index in [0.717, 1.165) is 25.6 Å². The molecule has 1 rings (SSSR count). The molecule has 0 amide bonds. The van der Waals surface area contributed by atoms with Gasteiger partial charge in [-0.3, -0.25) is 0 Å². The molecule has 96 valence electrons. The fraction of sp³-hybridized carbons (Fsp3) is 1.00. The lowest BCUT2D eigenvalue weighted by Crippen LogP contribution is -2.25. The van der Waals surface area contributed by atoms with Gasteiger partial charge in [-0.15, -0.1) is 0 Å². The van der Waals surface area contributed by atoms with E-state index >= 15 is 0 Å². The van der Waals surface area contributed by atoms with Crippen LogP contribution >= 0.6 is 0 Å². The van der Waals surface area contributed by atoms with Crippen molar-refractivity contribution in [3.63, 3.8) is 0 Å². The molecule has 0 bridgehead atoms. The Morgan fingerprint density at radius 1 is 0.625 bits per heavy atom. The van der Waals surface area contributed by atoms with E-state index in [-0.39, 0.29) is 0 Å². The van der Waals surface area contributed by atoms with Gasteiger partial charge < -0.3 is 16.0 Å². The Morgan fingerprint density at radius 3 is 1.75 bits per heavy atom. The molecule has 0 aliphatic carbocycles. The van der Waals surface area contributed by atoms with Crippen molar-refractivity contribution in [3.05, 3.63) is 0 Å². The van der Waals surface area contributed by atoms with Gasteiger partial charge in [-0.2, -0.15) is 0 Å².